The highest BCUT2D eigenvalue weighted by atomic mass is 35.5. The fourth-order valence-electron chi connectivity index (χ4n) is 4.34. The van der Waals surface area contributed by atoms with Crippen LogP contribution in [0.3, 0.4) is 0 Å². The van der Waals surface area contributed by atoms with Crippen molar-refractivity contribution >= 4 is 22.9 Å². The minimum atomic E-state index is -0.430. The predicted octanol–water partition coefficient (Wildman–Crippen LogP) is 2.08. The predicted molar refractivity (Wildman–Crippen MR) is 102 cm³/mol. The minimum Gasteiger partial charge on any atom is -0.369 e. The van der Waals surface area contributed by atoms with E-state index in [1.165, 1.54) is 22.1 Å². The van der Waals surface area contributed by atoms with Crippen molar-refractivity contribution in [2.75, 3.05) is 6.61 Å². The monoisotopic (exact) mass is 395 g/mol. The topological polar surface area (TPSA) is 65.3 Å². The van der Waals surface area contributed by atoms with E-state index in [0.29, 0.717) is 18.6 Å². The molecule has 140 valence electrons. The van der Waals surface area contributed by atoms with Gasteiger partial charge in [0.15, 0.2) is 0 Å². The lowest BCUT2D eigenvalue weighted by Gasteiger charge is -2.46. The number of fused-ring (bicyclic) bond motifs is 2. The average Bonchev–Trinajstić information content (AvgIpc) is 2.98. The lowest BCUT2D eigenvalue weighted by molar-refractivity contribution is -0.0956. The van der Waals surface area contributed by atoms with Crippen LogP contribution in [-0.2, 0) is 30.9 Å². The molecular weight excluding hydrogens is 374 g/mol. The summed E-state index contributed by atoms with van der Waals surface area (Å²) in [4.78, 5) is 25.9. The molecule has 6 nitrogen and oxygen atoms in total. The summed E-state index contributed by atoms with van der Waals surface area (Å²) in [5.74, 6) is 0. The third-order valence-electron chi connectivity index (χ3n) is 5.45. The third-order valence-corrected chi connectivity index (χ3v) is 6.94. The molecule has 1 saturated heterocycles. The van der Waals surface area contributed by atoms with Crippen LogP contribution in [0.2, 0.25) is 4.34 Å². The van der Waals surface area contributed by atoms with E-state index in [0.717, 1.165) is 21.7 Å². The summed E-state index contributed by atoms with van der Waals surface area (Å²) >= 11 is 7.87. The van der Waals surface area contributed by atoms with Crippen molar-refractivity contribution in [1.29, 1.82) is 0 Å². The molecule has 0 aromatic carbocycles. The Morgan fingerprint density at radius 3 is 2.88 bits per heavy atom. The molecule has 3 atom stereocenters. The molecule has 1 N–H and O–H groups in total. The minimum absolute atomic E-state index is 0.169. The summed E-state index contributed by atoms with van der Waals surface area (Å²) in [5, 5.41) is 3.52. The molecular formula is C18H22ClN3O3S. The summed E-state index contributed by atoms with van der Waals surface area (Å²) < 4.78 is 9.73. The van der Waals surface area contributed by atoms with E-state index in [2.05, 4.69) is 12.2 Å². The van der Waals surface area contributed by atoms with Crippen LogP contribution >= 0.6 is 22.9 Å². The Morgan fingerprint density at radius 1 is 1.35 bits per heavy atom. The van der Waals surface area contributed by atoms with Crippen LogP contribution in [0.15, 0.2) is 21.9 Å². The molecule has 1 fully saturated rings. The number of ether oxygens (including phenoxy) is 1. The fraction of sp³-hybridized carbons (Fsp3) is 0.556. The molecule has 4 heterocycles. The van der Waals surface area contributed by atoms with Crippen LogP contribution in [0.25, 0.3) is 0 Å². The number of rotatable bonds is 1. The Bertz CT molecular complexity index is 979. The van der Waals surface area contributed by atoms with Crippen LogP contribution in [0.5, 0.6) is 0 Å². The fourth-order valence-corrected chi connectivity index (χ4v) is 5.80. The van der Waals surface area contributed by atoms with Crippen LogP contribution in [0.4, 0.5) is 0 Å². The Morgan fingerprint density at radius 2 is 2.12 bits per heavy atom. The Hall–Kier alpha value is -1.41. The van der Waals surface area contributed by atoms with E-state index < -0.39 is 5.60 Å². The molecule has 2 aliphatic heterocycles. The first-order valence-electron chi connectivity index (χ1n) is 8.76. The van der Waals surface area contributed by atoms with E-state index >= 15 is 0 Å². The van der Waals surface area contributed by atoms with E-state index in [4.69, 9.17) is 16.3 Å². The summed E-state index contributed by atoms with van der Waals surface area (Å²) in [6.07, 6.45) is 4.00. The first kappa shape index (κ1) is 18.0. The Balaban J connectivity index is 1.80. The van der Waals surface area contributed by atoms with Crippen molar-refractivity contribution in [2.24, 2.45) is 14.1 Å². The molecule has 2 aromatic heterocycles. The lowest BCUT2D eigenvalue weighted by Crippen LogP contribution is -2.51. The molecule has 0 saturated carbocycles. The van der Waals surface area contributed by atoms with Gasteiger partial charge in [0.2, 0.25) is 0 Å². The number of piperidine rings is 1. The molecule has 0 radical (unpaired) electrons. The Labute approximate surface area is 160 Å². The van der Waals surface area contributed by atoms with Gasteiger partial charge in [-0.2, -0.15) is 0 Å². The molecule has 0 bridgehead atoms. The van der Waals surface area contributed by atoms with Crippen molar-refractivity contribution in [1.82, 2.24) is 14.5 Å². The number of hydrogen-bond donors (Lipinski definition) is 1. The summed E-state index contributed by atoms with van der Waals surface area (Å²) in [5.41, 5.74) is 0.848. The van der Waals surface area contributed by atoms with Gasteiger partial charge in [0, 0.05) is 43.7 Å². The largest absolute Gasteiger partial charge is 0.369 e. The number of aryl methyl sites for hydroxylation is 1. The molecule has 2 aliphatic rings. The highest BCUT2D eigenvalue weighted by molar-refractivity contribution is 7.16. The second-order valence-electron chi connectivity index (χ2n) is 7.37. The van der Waals surface area contributed by atoms with Crippen LogP contribution in [0.1, 0.15) is 41.8 Å². The number of hydrogen-bond acceptors (Lipinski definition) is 5. The maximum atomic E-state index is 12.7. The summed E-state index contributed by atoms with van der Waals surface area (Å²) in [7, 11) is 3.19. The van der Waals surface area contributed by atoms with E-state index in [1.54, 1.807) is 24.6 Å². The standard InChI is InChI=1S/C18H22ClN3O3S/c1-10-7-18(15-11(4-5-25-18)6-14(19)26-15)8-13(20-10)12-9-21(2)17(24)22(3)16(12)23/h6,9-10,13,20H,4-5,7-8H2,1-3H3. The van der Waals surface area contributed by atoms with E-state index in [-0.39, 0.29) is 23.3 Å². The number of nitrogens with zero attached hydrogens (tertiary/aromatic N) is 2. The van der Waals surface area contributed by atoms with E-state index in [1.807, 2.05) is 6.07 Å². The first-order chi connectivity index (χ1) is 12.3. The van der Waals surface area contributed by atoms with Gasteiger partial charge in [-0.1, -0.05) is 11.6 Å². The molecule has 1 spiro atoms. The average molecular weight is 396 g/mol. The van der Waals surface area contributed by atoms with Gasteiger partial charge in [-0.15, -0.1) is 11.3 Å². The number of aromatic nitrogens is 2. The van der Waals surface area contributed by atoms with Crippen molar-refractivity contribution < 1.29 is 4.74 Å². The van der Waals surface area contributed by atoms with Crippen molar-refractivity contribution in [3.8, 4) is 0 Å². The first-order valence-corrected chi connectivity index (χ1v) is 9.95. The van der Waals surface area contributed by atoms with E-state index in [9.17, 15) is 9.59 Å². The molecule has 0 amide bonds. The van der Waals surface area contributed by atoms with Gasteiger partial charge in [-0.25, -0.2) is 4.79 Å². The molecule has 8 heteroatoms. The molecule has 26 heavy (non-hydrogen) atoms. The highest BCUT2D eigenvalue weighted by Crippen LogP contribution is 2.49. The molecule has 3 unspecified atom stereocenters. The quantitative estimate of drug-likeness (QED) is 0.802. The van der Waals surface area contributed by atoms with Crippen LogP contribution < -0.4 is 16.6 Å². The zero-order valence-corrected chi connectivity index (χ0v) is 16.6. The molecule has 2 aromatic rings. The van der Waals surface area contributed by atoms with Gasteiger partial charge in [-0.3, -0.25) is 9.36 Å². The van der Waals surface area contributed by atoms with Gasteiger partial charge in [0.25, 0.3) is 5.56 Å². The van der Waals surface area contributed by atoms with Gasteiger partial charge < -0.3 is 14.6 Å². The Kier molecular flexibility index (Phi) is 4.38. The summed E-state index contributed by atoms with van der Waals surface area (Å²) in [6.45, 7) is 2.76. The zero-order chi connectivity index (χ0) is 18.6. The second-order valence-corrected chi connectivity index (χ2v) is 9.05. The van der Waals surface area contributed by atoms with Crippen molar-refractivity contribution in [3.05, 3.63) is 53.4 Å². The third kappa shape index (κ3) is 2.78. The van der Waals surface area contributed by atoms with Crippen LogP contribution in [0, 0.1) is 0 Å². The summed E-state index contributed by atoms with van der Waals surface area (Å²) in [6, 6.07) is 2.03. The number of thiophene rings is 1. The SMILES string of the molecule is CC1CC2(CC(c3cn(C)c(=O)n(C)c3=O)N1)OCCc1cc(Cl)sc12. The van der Waals surface area contributed by atoms with Gasteiger partial charge >= 0.3 is 5.69 Å². The smallest absolute Gasteiger partial charge is 0.330 e. The van der Waals surface area contributed by atoms with Crippen molar-refractivity contribution in [3.63, 3.8) is 0 Å². The van der Waals surface area contributed by atoms with Gasteiger partial charge in [-0.05, 0) is 31.4 Å². The second kappa shape index (κ2) is 6.34. The van der Waals surface area contributed by atoms with Gasteiger partial charge in [0.05, 0.1) is 16.5 Å². The number of nitrogens with one attached hydrogen (secondary N) is 1. The van der Waals surface area contributed by atoms with Crippen molar-refractivity contribution in [2.45, 2.75) is 43.9 Å². The van der Waals surface area contributed by atoms with Gasteiger partial charge in [0.1, 0.15) is 5.60 Å². The zero-order valence-electron chi connectivity index (χ0n) is 15.0. The maximum Gasteiger partial charge on any atom is 0.330 e. The number of halogens is 1. The normalized spacial score (nSPS) is 28.3. The molecule has 4 rings (SSSR count). The lowest BCUT2D eigenvalue weighted by atomic mass is 9.78. The maximum absolute atomic E-state index is 12.7. The van der Waals surface area contributed by atoms with Crippen LogP contribution in [-0.4, -0.2) is 21.8 Å². The highest BCUT2D eigenvalue weighted by Gasteiger charge is 2.46. The molecule has 0 aliphatic carbocycles.